The van der Waals surface area contributed by atoms with Crippen LogP contribution in [-0.4, -0.2) is 47.7 Å². The van der Waals surface area contributed by atoms with Crippen molar-refractivity contribution in [3.63, 3.8) is 0 Å². The van der Waals surface area contributed by atoms with Crippen LogP contribution in [0.4, 0.5) is 5.69 Å². The minimum Gasteiger partial charge on any atom is -0.411 e. The molecule has 0 atom stereocenters. The minimum atomic E-state index is -3.72. The molecule has 0 saturated carbocycles. The van der Waals surface area contributed by atoms with Crippen LogP contribution in [0.15, 0.2) is 63.1 Å². The Bertz CT molecular complexity index is 1200. The van der Waals surface area contributed by atoms with Crippen molar-refractivity contribution in [2.24, 2.45) is 0 Å². The van der Waals surface area contributed by atoms with E-state index in [0.717, 1.165) is 36.6 Å². The Morgan fingerprint density at radius 1 is 1.09 bits per heavy atom. The first kappa shape index (κ1) is 22.8. The molecule has 168 valence electrons. The van der Waals surface area contributed by atoms with Crippen molar-refractivity contribution in [2.45, 2.75) is 29.4 Å². The van der Waals surface area contributed by atoms with Crippen LogP contribution in [0.2, 0.25) is 5.02 Å². The van der Waals surface area contributed by atoms with E-state index < -0.39 is 10.0 Å². The first-order valence-corrected chi connectivity index (χ1v) is 12.8. The van der Waals surface area contributed by atoms with Gasteiger partial charge in [0, 0.05) is 24.3 Å². The molecule has 2 aromatic carbocycles. The van der Waals surface area contributed by atoms with Crippen LogP contribution in [-0.2, 0) is 14.8 Å². The average molecular weight is 493 g/mol. The number of piperidine rings is 1. The largest absolute Gasteiger partial charge is 0.411 e. The summed E-state index contributed by atoms with van der Waals surface area (Å²) in [4.78, 5) is 12.4. The van der Waals surface area contributed by atoms with Crippen LogP contribution in [0, 0.1) is 0 Å². The molecule has 4 rings (SSSR count). The summed E-state index contributed by atoms with van der Waals surface area (Å²) >= 11 is 7.27. The second kappa shape index (κ2) is 10.0. The number of aromatic nitrogens is 2. The molecule has 32 heavy (non-hydrogen) atoms. The van der Waals surface area contributed by atoms with Gasteiger partial charge >= 0.3 is 0 Å². The lowest BCUT2D eigenvalue weighted by Crippen LogP contribution is -2.35. The normalized spacial score (nSPS) is 14.9. The summed E-state index contributed by atoms with van der Waals surface area (Å²) in [5.74, 6) is 0.0599. The number of carbonyl (C=O) groups is 1. The highest BCUT2D eigenvalue weighted by atomic mass is 35.5. The summed E-state index contributed by atoms with van der Waals surface area (Å²) in [6, 6.07) is 13.8. The van der Waals surface area contributed by atoms with E-state index in [0.29, 0.717) is 24.7 Å². The monoisotopic (exact) mass is 492 g/mol. The molecule has 8 nitrogen and oxygen atoms in total. The quantitative estimate of drug-likeness (QED) is 0.490. The molecule has 2 heterocycles. The van der Waals surface area contributed by atoms with Gasteiger partial charge in [0.2, 0.25) is 21.8 Å². The standard InChI is InChI=1S/C21H21ClN4O4S2/c22-17-10-9-16(13-18(17)32(28,29)26-11-5-2-6-12-26)23-19(27)14-31-21-25-24-20(30-21)15-7-3-1-4-8-15/h1,3-4,7-10,13H,2,5-6,11-12,14H2,(H,23,27). The van der Waals surface area contributed by atoms with E-state index in [-0.39, 0.29) is 26.8 Å². The second-order valence-electron chi connectivity index (χ2n) is 7.19. The highest BCUT2D eigenvalue weighted by Crippen LogP contribution is 2.30. The maximum atomic E-state index is 13.0. The van der Waals surface area contributed by atoms with E-state index in [4.69, 9.17) is 16.0 Å². The average Bonchev–Trinajstić information content (AvgIpc) is 3.29. The number of hydrogen-bond donors (Lipinski definition) is 1. The minimum absolute atomic E-state index is 0.00377. The van der Waals surface area contributed by atoms with Crippen molar-refractivity contribution in [3.05, 3.63) is 53.6 Å². The molecule has 1 N–H and O–H groups in total. The summed E-state index contributed by atoms with van der Waals surface area (Å²) in [6.07, 6.45) is 2.67. The Kier molecular flexibility index (Phi) is 7.14. The molecule has 1 saturated heterocycles. The Hall–Kier alpha value is -2.40. The molecule has 1 aliphatic heterocycles. The maximum absolute atomic E-state index is 13.0. The predicted molar refractivity (Wildman–Crippen MR) is 123 cm³/mol. The third-order valence-corrected chi connectivity index (χ3v) is 8.10. The van der Waals surface area contributed by atoms with Gasteiger partial charge in [-0.15, -0.1) is 10.2 Å². The SMILES string of the molecule is O=C(CSc1nnc(-c2ccccc2)o1)Nc1ccc(Cl)c(S(=O)(=O)N2CCCCC2)c1. The van der Waals surface area contributed by atoms with Gasteiger partial charge in [0.25, 0.3) is 5.22 Å². The van der Waals surface area contributed by atoms with Gasteiger partial charge in [-0.3, -0.25) is 4.79 Å². The molecule has 0 radical (unpaired) electrons. The summed E-state index contributed by atoms with van der Waals surface area (Å²) in [6.45, 7) is 0.947. The van der Waals surface area contributed by atoms with E-state index >= 15 is 0 Å². The van der Waals surface area contributed by atoms with Gasteiger partial charge < -0.3 is 9.73 Å². The Morgan fingerprint density at radius 3 is 2.59 bits per heavy atom. The number of rotatable bonds is 7. The van der Waals surface area contributed by atoms with E-state index in [9.17, 15) is 13.2 Å². The molecule has 0 bridgehead atoms. The number of nitrogens with one attached hydrogen (secondary N) is 1. The zero-order chi connectivity index (χ0) is 22.6. The first-order valence-electron chi connectivity index (χ1n) is 10.0. The van der Waals surface area contributed by atoms with Gasteiger partial charge in [-0.2, -0.15) is 4.31 Å². The topological polar surface area (TPSA) is 105 Å². The summed E-state index contributed by atoms with van der Waals surface area (Å²) in [7, 11) is -3.72. The van der Waals surface area contributed by atoms with Crippen molar-refractivity contribution in [1.82, 2.24) is 14.5 Å². The number of benzene rings is 2. The molecule has 11 heteroatoms. The van der Waals surface area contributed by atoms with E-state index in [1.807, 2.05) is 30.3 Å². The molecule has 1 aromatic heterocycles. The first-order chi connectivity index (χ1) is 15.4. The number of hydrogen-bond acceptors (Lipinski definition) is 7. The van der Waals surface area contributed by atoms with Gasteiger partial charge in [0.15, 0.2) is 0 Å². The highest BCUT2D eigenvalue weighted by Gasteiger charge is 2.28. The Morgan fingerprint density at radius 2 is 1.84 bits per heavy atom. The predicted octanol–water partition coefficient (Wildman–Crippen LogP) is 4.30. The highest BCUT2D eigenvalue weighted by molar-refractivity contribution is 7.99. The maximum Gasteiger partial charge on any atom is 0.277 e. The third-order valence-electron chi connectivity index (χ3n) is 4.90. The van der Waals surface area contributed by atoms with Crippen LogP contribution >= 0.6 is 23.4 Å². The van der Waals surface area contributed by atoms with Crippen molar-refractivity contribution >= 4 is 45.0 Å². The van der Waals surface area contributed by atoms with E-state index in [1.54, 1.807) is 6.07 Å². The number of nitrogens with zero attached hydrogens (tertiary/aromatic N) is 3. The van der Waals surface area contributed by atoms with Crippen LogP contribution in [0.25, 0.3) is 11.5 Å². The fourth-order valence-electron chi connectivity index (χ4n) is 3.31. The Balaban J connectivity index is 1.39. The lowest BCUT2D eigenvalue weighted by Gasteiger charge is -2.26. The lowest BCUT2D eigenvalue weighted by molar-refractivity contribution is -0.113. The van der Waals surface area contributed by atoms with Crippen LogP contribution in [0.3, 0.4) is 0 Å². The molecular weight excluding hydrogens is 472 g/mol. The van der Waals surface area contributed by atoms with Crippen LogP contribution in [0.1, 0.15) is 19.3 Å². The van der Waals surface area contributed by atoms with Gasteiger partial charge in [-0.25, -0.2) is 8.42 Å². The second-order valence-corrected chi connectivity index (χ2v) is 10.4. The van der Waals surface area contributed by atoms with Crippen molar-refractivity contribution < 1.29 is 17.6 Å². The van der Waals surface area contributed by atoms with E-state index in [2.05, 4.69) is 15.5 Å². The van der Waals surface area contributed by atoms with Crippen LogP contribution in [0.5, 0.6) is 0 Å². The number of sulfonamides is 1. The molecule has 1 aliphatic rings. The number of anilines is 1. The zero-order valence-electron chi connectivity index (χ0n) is 17.0. The van der Waals surface area contributed by atoms with Gasteiger partial charge in [0.1, 0.15) is 4.90 Å². The number of carbonyl (C=O) groups excluding carboxylic acids is 1. The molecule has 0 unspecified atom stereocenters. The smallest absolute Gasteiger partial charge is 0.277 e. The lowest BCUT2D eigenvalue weighted by atomic mass is 10.2. The molecule has 1 amide bonds. The molecule has 1 fully saturated rings. The third kappa shape index (κ3) is 5.32. The van der Waals surface area contributed by atoms with Crippen molar-refractivity contribution in [2.75, 3.05) is 24.2 Å². The van der Waals surface area contributed by atoms with Crippen molar-refractivity contribution in [1.29, 1.82) is 0 Å². The zero-order valence-corrected chi connectivity index (χ0v) is 19.4. The molecular formula is C21H21ClN4O4S2. The summed E-state index contributed by atoms with van der Waals surface area (Å²) in [5, 5.41) is 11.0. The van der Waals surface area contributed by atoms with Gasteiger partial charge in [-0.05, 0) is 43.2 Å². The van der Waals surface area contributed by atoms with Gasteiger partial charge in [0.05, 0.1) is 10.8 Å². The number of halogens is 1. The number of thioether (sulfide) groups is 1. The number of amides is 1. The fourth-order valence-corrected chi connectivity index (χ4v) is 5.89. The van der Waals surface area contributed by atoms with Crippen LogP contribution < -0.4 is 5.32 Å². The molecule has 0 spiro atoms. The Labute approximate surface area is 195 Å². The molecule has 3 aromatic rings. The van der Waals surface area contributed by atoms with E-state index in [1.165, 1.54) is 16.4 Å². The summed E-state index contributed by atoms with van der Waals surface area (Å²) < 4.78 is 33.0. The molecule has 0 aliphatic carbocycles. The fraction of sp³-hybridized carbons (Fsp3) is 0.286. The summed E-state index contributed by atoms with van der Waals surface area (Å²) in [5.41, 5.74) is 1.14. The van der Waals surface area contributed by atoms with Gasteiger partial charge in [-0.1, -0.05) is 48.0 Å². The van der Waals surface area contributed by atoms with Crippen molar-refractivity contribution in [3.8, 4) is 11.5 Å².